The standard InChI is InChI=1S/C17H22N2O3S.C15H20N2O2S.C2H3ClO/c1-11(20)18-23(2,22)19-17(21)10-16-14-7-3-5-12(14)9-13-6-4-8-15(13)16;1-20(16,19)17-15(18)9-14-12-6-2-4-10(12)8-11-5-3-7-13(11)14;1-2(3)4/h9H,3-8,10H2,1-2H3,(H,18,19,20,21,22);8H,2-7,9H2,1H3,(H2,16,17,18,19);1H3. The fourth-order valence-corrected chi connectivity index (χ4v) is 8.85. The number of rotatable bonds is 5. The monoisotopic (exact) mass is 704 g/mol. The van der Waals surface area contributed by atoms with Crippen molar-refractivity contribution in [2.24, 2.45) is 13.9 Å². The third kappa shape index (κ3) is 10.3. The fourth-order valence-electron chi connectivity index (χ4n) is 7.35. The SMILES string of the molecule is CC(=O)Cl.CC(=O)NS(C)(=O)=NC(=O)Cc1c2c(cc3c1CCC3)CCC2.CS(N)(=O)=NC(=O)Cc1c2c(cc3c1CCC3)CCC2. The van der Waals surface area contributed by atoms with Crippen LogP contribution in [0.3, 0.4) is 0 Å². The molecule has 0 saturated carbocycles. The minimum absolute atomic E-state index is 0.190. The zero-order chi connectivity index (χ0) is 34.5. The highest BCUT2D eigenvalue weighted by Gasteiger charge is 2.26. The van der Waals surface area contributed by atoms with Crippen molar-refractivity contribution in [1.29, 1.82) is 0 Å². The van der Waals surface area contributed by atoms with Crippen LogP contribution in [-0.4, -0.2) is 43.9 Å². The second-order valence-corrected chi connectivity index (χ2v) is 17.2. The number of nitrogens with one attached hydrogen (secondary N) is 1. The molecule has 13 heteroatoms. The molecule has 256 valence electrons. The van der Waals surface area contributed by atoms with E-state index in [1.807, 2.05) is 0 Å². The summed E-state index contributed by atoms with van der Waals surface area (Å²) in [5, 5.41) is 4.99. The second-order valence-electron chi connectivity index (χ2n) is 12.8. The third-order valence-corrected chi connectivity index (χ3v) is 10.5. The highest BCUT2D eigenvalue weighted by atomic mass is 35.5. The molecule has 2 aromatic rings. The number of nitrogens with zero attached hydrogens (tertiary/aromatic N) is 2. The van der Waals surface area contributed by atoms with Crippen molar-refractivity contribution in [2.45, 2.75) is 104 Å². The number of nitrogens with two attached hydrogens (primary N) is 1. The lowest BCUT2D eigenvalue weighted by molar-refractivity contribution is -0.118. The molecule has 0 aliphatic heterocycles. The topological polar surface area (TPSA) is 165 Å². The van der Waals surface area contributed by atoms with Crippen molar-refractivity contribution >= 4 is 54.4 Å². The van der Waals surface area contributed by atoms with Crippen LogP contribution in [0, 0.1) is 0 Å². The Bertz CT molecular complexity index is 1790. The number of benzene rings is 2. The molecule has 0 aromatic heterocycles. The van der Waals surface area contributed by atoms with Crippen LogP contribution < -0.4 is 9.86 Å². The lowest BCUT2D eigenvalue weighted by Crippen LogP contribution is -2.27. The van der Waals surface area contributed by atoms with E-state index in [0.29, 0.717) is 0 Å². The number of hydrogen-bond acceptors (Lipinski definition) is 6. The largest absolute Gasteiger partial charge is 0.282 e. The van der Waals surface area contributed by atoms with Crippen LogP contribution in [-0.2, 0) is 103 Å². The Morgan fingerprint density at radius 2 is 1.00 bits per heavy atom. The van der Waals surface area contributed by atoms with Crippen molar-refractivity contribution in [3.05, 3.63) is 67.8 Å². The second kappa shape index (κ2) is 15.5. The Balaban J connectivity index is 0.000000193. The molecule has 0 fully saturated rings. The lowest BCUT2D eigenvalue weighted by Gasteiger charge is -2.14. The molecule has 3 N–H and O–H groups in total. The quantitative estimate of drug-likeness (QED) is 0.439. The number of amides is 3. The van der Waals surface area contributed by atoms with Gasteiger partial charge in [0.05, 0.1) is 12.8 Å². The predicted molar refractivity (Wildman–Crippen MR) is 186 cm³/mol. The van der Waals surface area contributed by atoms with Gasteiger partial charge in [-0.15, -0.1) is 8.73 Å². The maximum Gasteiger partial charge on any atom is 0.259 e. The molecular formula is C34H45ClN4O6S2. The van der Waals surface area contributed by atoms with Crippen LogP contribution >= 0.6 is 11.6 Å². The van der Waals surface area contributed by atoms with Crippen LogP contribution in [0.15, 0.2) is 20.9 Å². The molecule has 4 aliphatic carbocycles. The molecule has 10 nitrogen and oxygen atoms in total. The number of aryl methyl sites for hydroxylation is 4. The number of hydrogen-bond donors (Lipinski definition) is 2. The molecule has 2 unspecified atom stereocenters. The average Bonchev–Trinajstić information content (AvgIpc) is 3.72. The van der Waals surface area contributed by atoms with Gasteiger partial charge < -0.3 is 0 Å². The van der Waals surface area contributed by atoms with Gasteiger partial charge in [-0.25, -0.2) is 13.6 Å². The Morgan fingerprint density at radius 3 is 1.30 bits per heavy atom. The summed E-state index contributed by atoms with van der Waals surface area (Å²) >= 11 is 4.64. The van der Waals surface area contributed by atoms with Crippen molar-refractivity contribution in [2.75, 3.05) is 12.5 Å². The smallest absolute Gasteiger partial charge is 0.259 e. The van der Waals surface area contributed by atoms with Crippen molar-refractivity contribution in [3.63, 3.8) is 0 Å². The average molecular weight is 705 g/mol. The maximum absolute atomic E-state index is 12.3. The van der Waals surface area contributed by atoms with E-state index in [0.717, 1.165) is 88.2 Å². The van der Waals surface area contributed by atoms with Crippen LogP contribution in [0.25, 0.3) is 0 Å². The van der Waals surface area contributed by atoms with Crippen LogP contribution in [0.5, 0.6) is 0 Å². The van der Waals surface area contributed by atoms with Crippen molar-refractivity contribution < 1.29 is 27.6 Å². The molecule has 6 rings (SSSR count). The summed E-state index contributed by atoms with van der Waals surface area (Å²) in [6.07, 6.45) is 16.1. The minimum Gasteiger partial charge on any atom is -0.282 e. The summed E-state index contributed by atoms with van der Waals surface area (Å²) in [5.74, 6) is -1.22. The minimum atomic E-state index is -3.00. The summed E-state index contributed by atoms with van der Waals surface area (Å²) in [5.41, 5.74) is 13.1. The molecule has 3 amide bonds. The zero-order valence-corrected chi connectivity index (χ0v) is 30.1. The van der Waals surface area contributed by atoms with Crippen LogP contribution in [0.1, 0.15) is 95.2 Å². The first-order chi connectivity index (χ1) is 22.0. The number of carbonyl (C=O) groups excluding carboxylic acids is 4. The van der Waals surface area contributed by atoms with Crippen LogP contribution in [0.4, 0.5) is 0 Å². The fraction of sp³-hybridized carbons (Fsp3) is 0.529. The zero-order valence-electron chi connectivity index (χ0n) is 27.7. The molecule has 0 heterocycles. The molecule has 4 aliphatic rings. The summed E-state index contributed by atoms with van der Waals surface area (Å²) in [6, 6.07) is 4.65. The van der Waals surface area contributed by atoms with E-state index >= 15 is 0 Å². The van der Waals surface area contributed by atoms with Gasteiger partial charge in [-0.1, -0.05) is 12.1 Å². The van der Waals surface area contributed by atoms with E-state index in [2.05, 4.69) is 37.2 Å². The van der Waals surface area contributed by atoms with Gasteiger partial charge in [0.25, 0.3) is 11.8 Å². The number of halogens is 1. The van der Waals surface area contributed by atoms with Crippen molar-refractivity contribution in [1.82, 2.24) is 4.72 Å². The first-order valence-corrected chi connectivity index (χ1v) is 20.3. The van der Waals surface area contributed by atoms with Gasteiger partial charge in [0.1, 0.15) is 19.8 Å². The highest BCUT2D eigenvalue weighted by Crippen LogP contribution is 2.36. The Kier molecular flexibility index (Phi) is 12.2. The maximum atomic E-state index is 12.3. The van der Waals surface area contributed by atoms with Gasteiger partial charge in [0, 0.05) is 26.4 Å². The molecule has 0 spiro atoms. The lowest BCUT2D eigenvalue weighted by atomic mass is 9.92. The van der Waals surface area contributed by atoms with Crippen molar-refractivity contribution in [3.8, 4) is 0 Å². The molecule has 0 bridgehead atoms. The first-order valence-electron chi connectivity index (χ1n) is 16.1. The van der Waals surface area contributed by atoms with Gasteiger partial charge in [-0.3, -0.25) is 23.9 Å². The van der Waals surface area contributed by atoms with Gasteiger partial charge in [-0.2, -0.15) is 0 Å². The van der Waals surface area contributed by atoms with Gasteiger partial charge in [0.15, 0.2) is 0 Å². The molecular weight excluding hydrogens is 660 g/mol. The summed E-state index contributed by atoms with van der Waals surface area (Å²) < 4.78 is 33.2. The Hall–Kier alpha value is -2.93. The summed E-state index contributed by atoms with van der Waals surface area (Å²) in [7, 11) is -5.85. The van der Waals surface area contributed by atoms with E-state index in [1.165, 1.54) is 70.9 Å². The summed E-state index contributed by atoms with van der Waals surface area (Å²) in [6.45, 7) is 2.56. The van der Waals surface area contributed by atoms with Crippen LogP contribution in [0.2, 0.25) is 0 Å². The number of fused-ring (bicyclic) bond motifs is 4. The van der Waals surface area contributed by atoms with Gasteiger partial charge in [0.2, 0.25) is 11.1 Å². The van der Waals surface area contributed by atoms with E-state index in [-0.39, 0.29) is 24.0 Å². The number of carbonyl (C=O) groups is 4. The predicted octanol–water partition coefficient (Wildman–Crippen LogP) is 4.36. The molecule has 2 atom stereocenters. The van der Waals surface area contributed by atoms with E-state index in [1.54, 1.807) is 0 Å². The molecule has 0 saturated heterocycles. The summed E-state index contributed by atoms with van der Waals surface area (Å²) in [4.78, 5) is 44.6. The highest BCUT2D eigenvalue weighted by molar-refractivity contribution is 7.91. The van der Waals surface area contributed by atoms with E-state index in [9.17, 15) is 27.6 Å². The van der Waals surface area contributed by atoms with E-state index < -0.39 is 31.6 Å². The van der Waals surface area contributed by atoms with Gasteiger partial charge in [-0.05, 0) is 144 Å². The molecule has 47 heavy (non-hydrogen) atoms. The Morgan fingerprint density at radius 1 is 0.681 bits per heavy atom. The van der Waals surface area contributed by atoms with Gasteiger partial charge >= 0.3 is 0 Å². The van der Waals surface area contributed by atoms with E-state index in [4.69, 9.17) is 5.14 Å². The Labute approximate surface area is 283 Å². The first kappa shape index (κ1) is 36.9. The normalized spacial score (nSPS) is 17.6. The molecule has 0 radical (unpaired) electrons. The third-order valence-electron chi connectivity index (χ3n) is 8.74. The molecule has 2 aromatic carbocycles.